The Morgan fingerprint density at radius 2 is 2.09 bits per heavy atom. The Kier molecular flexibility index (Phi) is 6.93. The second kappa shape index (κ2) is 9.81. The van der Waals surface area contributed by atoms with Gasteiger partial charge in [0.05, 0.1) is 6.04 Å². The maximum atomic E-state index is 12.3. The zero-order valence-electron chi connectivity index (χ0n) is 17.4. The molecule has 3 rings (SSSR count). The van der Waals surface area contributed by atoms with Gasteiger partial charge in [0.25, 0.3) is 11.5 Å². The molecule has 1 aromatic carbocycles. The van der Waals surface area contributed by atoms with E-state index in [1.807, 2.05) is 0 Å². The monoisotopic (exact) mass is 443 g/mol. The summed E-state index contributed by atoms with van der Waals surface area (Å²) in [5.41, 5.74) is 6.31. The Balaban J connectivity index is 1.59. The number of carboxylic acid groups (broad SMARTS) is 1. The molecule has 2 aromatic rings. The Morgan fingerprint density at radius 3 is 2.75 bits per heavy atom. The number of hydrogen-bond acceptors (Lipinski definition) is 8. The number of rotatable bonds is 9. The van der Waals surface area contributed by atoms with Crippen molar-refractivity contribution < 1.29 is 19.5 Å². The van der Waals surface area contributed by atoms with E-state index in [-0.39, 0.29) is 41.9 Å². The van der Waals surface area contributed by atoms with E-state index in [1.54, 1.807) is 31.2 Å². The van der Waals surface area contributed by atoms with Crippen molar-refractivity contribution in [2.45, 2.75) is 31.8 Å². The number of H-pyrrole nitrogens is 1. The summed E-state index contributed by atoms with van der Waals surface area (Å²) in [7, 11) is 0. The maximum Gasteiger partial charge on any atom is 0.303 e. The molecule has 170 valence electrons. The summed E-state index contributed by atoms with van der Waals surface area (Å²) in [6.07, 6.45) is 0.910. The van der Waals surface area contributed by atoms with Crippen LogP contribution in [-0.4, -0.2) is 58.5 Å². The molecule has 2 amide bonds. The fourth-order valence-electron chi connectivity index (χ4n) is 3.35. The van der Waals surface area contributed by atoms with Crippen molar-refractivity contribution in [1.29, 1.82) is 0 Å². The average Bonchev–Trinajstić information content (AvgIpc) is 2.76. The van der Waals surface area contributed by atoms with Crippen LogP contribution in [0.4, 0.5) is 23.1 Å². The Labute approximate surface area is 183 Å². The molecule has 1 aliphatic rings. The first-order valence-electron chi connectivity index (χ1n) is 10.0. The summed E-state index contributed by atoms with van der Waals surface area (Å²) in [6, 6.07) is 6.11. The molecular formula is C20H25N7O5. The van der Waals surface area contributed by atoms with Crippen LogP contribution in [0.15, 0.2) is 29.1 Å². The molecular weight excluding hydrogens is 418 g/mol. The van der Waals surface area contributed by atoms with E-state index in [0.29, 0.717) is 31.5 Å². The van der Waals surface area contributed by atoms with Gasteiger partial charge in [-0.25, -0.2) is 0 Å². The number of carboxylic acids is 1. The van der Waals surface area contributed by atoms with Crippen molar-refractivity contribution in [3.05, 3.63) is 40.2 Å². The number of anilines is 4. The van der Waals surface area contributed by atoms with Gasteiger partial charge in [-0.2, -0.15) is 4.98 Å². The van der Waals surface area contributed by atoms with Crippen LogP contribution in [0.3, 0.4) is 0 Å². The Hall–Kier alpha value is -4.09. The minimum absolute atomic E-state index is 0.0159. The van der Waals surface area contributed by atoms with Crippen LogP contribution in [0.2, 0.25) is 0 Å². The number of benzene rings is 1. The minimum Gasteiger partial charge on any atom is -0.481 e. The third-order valence-electron chi connectivity index (χ3n) is 5.04. The fourth-order valence-corrected chi connectivity index (χ4v) is 3.35. The van der Waals surface area contributed by atoms with Gasteiger partial charge in [0.15, 0.2) is 11.5 Å². The maximum absolute atomic E-state index is 12.3. The number of nitrogens with two attached hydrogens (primary N) is 1. The lowest BCUT2D eigenvalue weighted by Crippen LogP contribution is -2.50. The molecule has 7 N–H and O–H groups in total. The molecule has 1 aromatic heterocycles. The van der Waals surface area contributed by atoms with Crippen molar-refractivity contribution in [3.8, 4) is 0 Å². The van der Waals surface area contributed by atoms with Gasteiger partial charge in [-0.1, -0.05) is 0 Å². The normalized spacial score (nSPS) is 15.8. The number of nitrogens with zero attached hydrogens (tertiary/aromatic N) is 2. The van der Waals surface area contributed by atoms with E-state index >= 15 is 0 Å². The van der Waals surface area contributed by atoms with Crippen LogP contribution in [0, 0.1) is 0 Å². The molecule has 0 bridgehead atoms. The number of carbonyl (C=O) groups excluding carboxylic acids is 2. The second-order valence-corrected chi connectivity index (χ2v) is 7.46. The second-order valence-electron chi connectivity index (χ2n) is 7.46. The lowest BCUT2D eigenvalue weighted by atomic mass is 10.1. The summed E-state index contributed by atoms with van der Waals surface area (Å²) in [5, 5.41) is 17.7. The molecule has 0 saturated heterocycles. The predicted molar refractivity (Wildman–Crippen MR) is 119 cm³/mol. The van der Waals surface area contributed by atoms with Gasteiger partial charge in [-0.05, 0) is 37.6 Å². The van der Waals surface area contributed by atoms with Crippen LogP contribution < -0.4 is 32.1 Å². The molecule has 12 nitrogen and oxygen atoms in total. The predicted octanol–water partition coefficient (Wildman–Crippen LogP) is 0.204. The minimum atomic E-state index is -0.906. The van der Waals surface area contributed by atoms with E-state index in [1.165, 1.54) is 4.90 Å². The number of nitrogen functional groups attached to an aromatic ring is 1. The zero-order valence-corrected chi connectivity index (χ0v) is 17.4. The van der Waals surface area contributed by atoms with E-state index < -0.39 is 11.5 Å². The van der Waals surface area contributed by atoms with Gasteiger partial charge in [0, 0.05) is 36.8 Å². The van der Waals surface area contributed by atoms with Crippen molar-refractivity contribution in [3.63, 3.8) is 0 Å². The number of aliphatic carboxylic acids is 1. The first kappa shape index (κ1) is 22.6. The van der Waals surface area contributed by atoms with Crippen molar-refractivity contribution in [2.75, 3.05) is 34.4 Å². The van der Waals surface area contributed by atoms with Gasteiger partial charge >= 0.3 is 5.97 Å². The molecule has 1 aliphatic heterocycles. The number of nitrogens with one attached hydrogen (secondary N) is 4. The largest absolute Gasteiger partial charge is 0.481 e. The van der Waals surface area contributed by atoms with Gasteiger partial charge in [-0.15, -0.1) is 0 Å². The highest BCUT2D eigenvalue weighted by atomic mass is 16.4. The van der Waals surface area contributed by atoms with Crippen molar-refractivity contribution in [2.24, 2.45) is 0 Å². The highest BCUT2D eigenvalue weighted by Crippen LogP contribution is 2.25. The molecule has 12 heteroatoms. The molecule has 1 unspecified atom stereocenters. The number of amides is 2. The highest BCUT2D eigenvalue weighted by molar-refractivity contribution is 5.94. The van der Waals surface area contributed by atoms with Gasteiger partial charge < -0.3 is 31.7 Å². The Bertz CT molecular complexity index is 1050. The van der Waals surface area contributed by atoms with Crippen LogP contribution in [0.25, 0.3) is 0 Å². The molecule has 0 aliphatic carbocycles. The van der Waals surface area contributed by atoms with Crippen molar-refractivity contribution in [1.82, 2.24) is 15.3 Å². The van der Waals surface area contributed by atoms with Gasteiger partial charge in [0.2, 0.25) is 12.4 Å². The molecule has 32 heavy (non-hydrogen) atoms. The lowest BCUT2D eigenvalue weighted by molar-refractivity contribution is -0.137. The van der Waals surface area contributed by atoms with Crippen molar-refractivity contribution >= 4 is 41.4 Å². The molecule has 2 heterocycles. The average molecular weight is 443 g/mol. The van der Waals surface area contributed by atoms with E-state index in [4.69, 9.17) is 10.8 Å². The van der Waals surface area contributed by atoms with Crippen LogP contribution in [0.1, 0.15) is 30.1 Å². The van der Waals surface area contributed by atoms with Gasteiger partial charge in [-0.3, -0.25) is 24.2 Å². The Morgan fingerprint density at radius 1 is 1.38 bits per heavy atom. The number of fused-ring (bicyclic) bond motifs is 1. The number of aromatic amines is 1. The third-order valence-corrected chi connectivity index (χ3v) is 5.04. The molecule has 0 radical (unpaired) electrons. The summed E-state index contributed by atoms with van der Waals surface area (Å²) in [5.74, 6) is -0.983. The smallest absolute Gasteiger partial charge is 0.303 e. The first-order chi connectivity index (χ1) is 15.3. The lowest BCUT2D eigenvalue weighted by Gasteiger charge is -2.34. The number of hydrogen-bond donors (Lipinski definition) is 6. The van der Waals surface area contributed by atoms with Crippen LogP contribution >= 0.6 is 0 Å². The summed E-state index contributed by atoms with van der Waals surface area (Å²) in [4.78, 5) is 54.5. The highest BCUT2D eigenvalue weighted by Gasteiger charge is 2.29. The molecule has 0 saturated carbocycles. The molecule has 0 fully saturated rings. The fraction of sp³-hybridized carbons (Fsp3) is 0.350. The summed E-state index contributed by atoms with van der Waals surface area (Å²) in [6.45, 7) is 2.46. The summed E-state index contributed by atoms with van der Waals surface area (Å²) >= 11 is 0. The van der Waals surface area contributed by atoms with Gasteiger partial charge in [0.1, 0.15) is 0 Å². The topological polar surface area (TPSA) is 183 Å². The van der Waals surface area contributed by atoms with E-state index in [2.05, 4.69) is 25.9 Å². The molecule has 2 atom stereocenters. The quantitative estimate of drug-likeness (QED) is 0.295. The zero-order chi connectivity index (χ0) is 23.3. The number of aromatic nitrogens is 2. The SMILES string of the molecule is C[C@H](CCC(=O)O)NC(=O)c1ccc(NCC2CNc3nc(N)[nH]c(=O)c3N2C=O)cc1. The third kappa shape index (κ3) is 5.33. The number of carbonyl (C=O) groups is 3. The molecule has 0 spiro atoms. The summed E-state index contributed by atoms with van der Waals surface area (Å²) < 4.78 is 0. The first-order valence-corrected chi connectivity index (χ1v) is 10.0. The van der Waals surface area contributed by atoms with E-state index in [9.17, 15) is 19.2 Å². The van der Waals surface area contributed by atoms with Crippen LogP contribution in [0.5, 0.6) is 0 Å². The van der Waals surface area contributed by atoms with E-state index in [0.717, 1.165) is 5.69 Å². The van der Waals surface area contributed by atoms with Crippen LogP contribution in [-0.2, 0) is 9.59 Å². The standard InChI is InChI=1S/C20H25N7O5/c1-11(2-7-15(29)30)24-18(31)12-3-5-13(6-4-12)22-8-14-9-23-17-16(27(14)10-28)19(32)26-20(21)25-17/h3-6,10-11,14,22H,2,7-9H2,1H3,(H,24,31)(H,29,30)(H4,21,23,25,26,32)/t11-,14?/m1/s1.